The molecule has 3 atom stereocenters. The van der Waals surface area contributed by atoms with Crippen LogP contribution in [0.15, 0.2) is 24.5 Å². The van der Waals surface area contributed by atoms with E-state index in [1.54, 1.807) is 0 Å². The molecule has 0 radical (unpaired) electrons. The zero-order valence-electron chi connectivity index (χ0n) is 21.0. The predicted octanol–water partition coefficient (Wildman–Crippen LogP) is 3.91. The van der Waals surface area contributed by atoms with Crippen LogP contribution in [0.3, 0.4) is 0 Å². The Kier molecular flexibility index (Phi) is 12.9. The zero-order valence-corrected chi connectivity index (χ0v) is 21.0. The van der Waals surface area contributed by atoms with E-state index in [2.05, 4.69) is 16.0 Å². The van der Waals surface area contributed by atoms with E-state index in [9.17, 15) is 26.3 Å². The van der Waals surface area contributed by atoms with E-state index in [4.69, 9.17) is 34.0 Å². The van der Waals surface area contributed by atoms with Gasteiger partial charge in [0.05, 0.1) is 18.8 Å². The van der Waals surface area contributed by atoms with Crippen LogP contribution >= 0.6 is 0 Å². The van der Waals surface area contributed by atoms with Gasteiger partial charge in [0.1, 0.15) is 0 Å². The minimum absolute atomic E-state index is 0.277. The third-order valence-corrected chi connectivity index (χ3v) is 6.34. The molecule has 0 amide bonds. The second-order valence-electron chi connectivity index (χ2n) is 9.26. The Morgan fingerprint density at radius 3 is 2.13 bits per heavy atom. The van der Waals surface area contributed by atoms with Gasteiger partial charge in [-0.1, -0.05) is 6.07 Å². The van der Waals surface area contributed by atoms with Gasteiger partial charge in [0.15, 0.2) is 0 Å². The lowest BCUT2D eigenvalue weighted by Crippen LogP contribution is -2.43. The number of likely N-dealkylation sites (tertiary alicyclic amines) is 1. The fourth-order valence-electron chi connectivity index (χ4n) is 4.41. The largest absolute Gasteiger partial charge is 0.490 e. The first kappa shape index (κ1) is 32.7. The first-order valence-corrected chi connectivity index (χ1v) is 12.3. The molecule has 1 aromatic heterocycles. The van der Waals surface area contributed by atoms with Crippen LogP contribution in [-0.2, 0) is 30.3 Å². The summed E-state index contributed by atoms with van der Waals surface area (Å²) in [6, 6.07) is 4.75. The summed E-state index contributed by atoms with van der Waals surface area (Å²) in [6.07, 6.45) is 0.0471. The molecule has 3 aliphatic heterocycles. The molecule has 39 heavy (non-hydrogen) atoms. The SMILES string of the molecule is O=C(O)C(F)(F)F.O=C(O)C(F)(F)F.c1cncc(CN2CC[C@@H]3O[C@@H](COCC4CCOCC4)CC[C@@H]32)c1. The van der Waals surface area contributed by atoms with Crippen molar-refractivity contribution in [1.29, 1.82) is 0 Å². The van der Waals surface area contributed by atoms with Gasteiger partial charge < -0.3 is 24.4 Å². The Hall–Kier alpha value is -2.49. The van der Waals surface area contributed by atoms with Gasteiger partial charge in [-0.2, -0.15) is 26.3 Å². The maximum Gasteiger partial charge on any atom is 0.490 e. The number of carboxylic acids is 2. The summed E-state index contributed by atoms with van der Waals surface area (Å²) in [6.45, 7) is 5.52. The number of ether oxygens (including phenoxy) is 3. The average Bonchev–Trinajstić information content (AvgIpc) is 3.27. The van der Waals surface area contributed by atoms with Gasteiger partial charge in [-0.15, -0.1) is 0 Å². The number of alkyl halides is 6. The molecule has 0 aromatic carbocycles. The minimum atomic E-state index is -5.08. The topological polar surface area (TPSA) is 118 Å². The maximum atomic E-state index is 10.6. The molecule has 2 N–H and O–H groups in total. The molecule has 0 unspecified atom stereocenters. The van der Waals surface area contributed by atoms with Gasteiger partial charge in [-0.05, 0) is 49.7 Å². The molecule has 0 bridgehead atoms. The highest BCUT2D eigenvalue weighted by atomic mass is 19.4. The smallest absolute Gasteiger partial charge is 0.475 e. The molecule has 3 saturated heterocycles. The summed E-state index contributed by atoms with van der Waals surface area (Å²) in [4.78, 5) is 24.6. The molecule has 0 aliphatic carbocycles. The van der Waals surface area contributed by atoms with Crippen molar-refractivity contribution in [3.05, 3.63) is 30.1 Å². The Morgan fingerprint density at radius 1 is 0.974 bits per heavy atom. The van der Waals surface area contributed by atoms with Crippen molar-refractivity contribution in [2.75, 3.05) is 33.0 Å². The number of aliphatic carboxylic acids is 2. The lowest BCUT2D eigenvalue weighted by atomic mass is 9.99. The molecule has 4 rings (SSSR count). The number of carboxylic acid groups (broad SMARTS) is 2. The van der Waals surface area contributed by atoms with E-state index in [0.29, 0.717) is 18.1 Å². The minimum Gasteiger partial charge on any atom is -0.475 e. The number of nitrogens with zero attached hydrogens (tertiary/aromatic N) is 2. The second-order valence-corrected chi connectivity index (χ2v) is 9.26. The summed E-state index contributed by atoms with van der Waals surface area (Å²) in [5.74, 6) is -4.84. The number of fused-ring (bicyclic) bond motifs is 1. The quantitative estimate of drug-likeness (QED) is 0.488. The highest BCUT2D eigenvalue weighted by molar-refractivity contribution is 5.73. The molecule has 0 spiro atoms. The maximum absolute atomic E-state index is 10.6. The van der Waals surface area contributed by atoms with Gasteiger partial charge in [-0.25, -0.2) is 9.59 Å². The van der Waals surface area contributed by atoms with Gasteiger partial charge in [0.25, 0.3) is 0 Å². The summed E-state index contributed by atoms with van der Waals surface area (Å²) in [5, 5.41) is 14.2. The van der Waals surface area contributed by atoms with Gasteiger partial charge in [0, 0.05) is 51.3 Å². The summed E-state index contributed by atoms with van der Waals surface area (Å²) >= 11 is 0. The summed E-state index contributed by atoms with van der Waals surface area (Å²) < 4.78 is 81.2. The molecule has 4 heterocycles. The number of aromatic nitrogens is 1. The Balaban J connectivity index is 0.000000317. The van der Waals surface area contributed by atoms with Gasteiger partial charge >= 0.3 is 24.3 Å². The van der Waals surface area contributed by atoms with Crippen LogP contribution in [0.5, 0.6) is 0 Å². The van der Waals surface area contributed by atoms with Crippen LogP contribution < -0.4 is 0 Å². The van der Waals surface area contributed by atoms with E-state index in [1.165, 1.54) is 12.0 Å². The van der Waals surface area contributed by atoms with Crippen LogP contribution in [0.2, 0.25) is 0 Å². The number of hydrogen-bond donors (Lipinski definition) is 2. The van der Waals surface area contributed by atoms with Crippen molar-refractivity contribution in [2.24, 2.45) is 5.92 Å². The van der Waals surface area contributed by atoms with Crippen molar-refractivity contribution in [3.63, 3.8) is 0 Å². The standard InChI is InChI=1S/C20H30N2O3.2C2HF3O2/c1-2-17(12-21-8-1)13-22-9-5-20-19(22)4-3-18(25-20)15-24-14-16-6-10-23-11-7-16;2*3-2(4,5)1(6)7/h1-2,8,12,16,18-20H,3-7,9-11,13-15H2;2*(H,6,7)/t18-,19+,20+;;/m1../s1. The Morgan fingerprint density at radius 2 is 1.59 bits per heavy atom. The Labute approximate surface area is 221 Å². The van der Waals surface area contributed by atoms with Gasteiger partial charge in [-0.3, -0.25) is 9.88 Å². The molecular weight excluding hydrogens is 542 g/mol. The average molecular weight is 575 g/mol. The third-order valence-electron chi connectivity index (χ3n) is 6.34. The predicted molar refractivity (Wildman–Crippen MR) is 123 cm³/mol. The molecule has 0 saturated carbocycles. The van der Waals surface area contributed by atoms with Crippen LogP contribution in [0.1, 0.15) is 37.7 Å². The Bertz CT molecular complexity index is 858. The first-order valence-electron chi connectivity index (χ1n) is 12.3. The number of rotatable bonds is 6. The summed E-state index contributed by atoms with van der Waals surface area (Å²) in [7, 11) is 0. The number of hydrogen-bond acceptors (Lipinski definition) is 7. The van der Waals surface area contributed by atoms with Crippen molar-refractivity contribution < 1.29 is 60.4 Å². The second kappa shape index (κ2) is 15.3. The van der Waals surface area contributed by atoms with Crippen LogP contribution in [0, 0.1) is 5.92 Å². The van der Waals surface area contributed by atoms with E-state index in [0.717, 1.165) is 65.2 Å². The van der Waals surface area contributed by atoms with Crippen molar-refractivity contribution in [3.8, 4) is 0 Å². The lowest BCUT2D eigenvalue weighted by Gasteiger charge is -2.36. The zero-order chi connectivity index (χ0) is 29.1. The lowest BCUT2D eigenvalue weighted by molar-refractivity contribution is -0.193. The highest BCUT2D eigenvalue weighted by Crippen LogP contribution is 2.32. The van der Waals surface area contributed by atoms with E-state index in [1.807, 2.05) is 18.5 Å². The van der Waals surface area contributed by atoms with Gasteiger partial charge in [0.2, 0.25) is 0 Å². The molecule has 3 aliphatic rings. The van der Waals surface area contributed by atoms with E-state index >= 15 is 0 Å². The monoisotopic (exact) mass is 574 g/mol. The third kappa shape index (κ3) is 12.1. The van der Waals surface area contributed by atoms with E-state index < -0.39 is 24.3 Å². The summed E-state index contributed by atoms with van der Waals surface area (Å²) in [5.41, 5.74) is 1.30. The molecule has 222 valence electrons. The highest BCUT2D eigenvalue weighted by Gasteiger charge is 2.40. The molecule has 9 nitrogen and oxygen atoms in total. The first-order chi connectivity index (χ1) is 18.3. The van der Waals surface area contributed by atoms with Crippen LogP contribution in [-0.4, -0.2) is 95.6 Å². The fourth-order valence-corrected chi connectivity index (χ4v) is 4.41. The molecule has 1 aromatic rings. The van der Waals surface area contributed by atoms with Crippen LogP contribution in [0.25, 0.3) is 0 Å². The normalized spacial score (nSPS) is 24.0. The molecular formula is C24H32F6N2O7. The number of halogens is 6. The van der Waals surface area contributed by atoms with Crippen molar-refractivity contribution >= 4 is 11.9 Å². The number of carbonyl (C=O) groups is 2. The van der Waals surface area contributed by atoms with Crippen LogP contribution in [0.4, 0.5) is 26.3 Å². The molecule has 15 heteroatoms. The van der Waals surface area contributed by atoms with Crippen molar-refractivity contribution in [1.82, 2.24) is 9.88 Å². The molecule has 3 fully saturated rings. The fraction of sp³-hybridized carbons (Fsp3) is 0.708. The van der Waals surface area contributed by atoms with E-state index in [-0.39, 0.29) is 6.10 Å². The van der Waals surface area contributed by atoms with Crippen molar-refractivity contribution in [2.45, 2.75) is 69.3 Å². The number of pyridine rings is 1.